The van der Waals surface area contributed by atoms with E-state index in [2.05, 4.69) is 14.8 Å². The molecule has 3 heterocycles. The molecule has 0 atom stereocenters. The van der Waals surface area contributed by atoms with E-state index in [1.54, 1.807) is 6.26 Å². The number of furan rings is 1. The van der Waals surface area contributed by atoms with Crippen LogP contribution in [0.3, 0.4) is 0 Å². The lowest BCUT2D eigenvalue weighted by Crippen LogP contribution is -2.47. The molecule has 0 aromatic carbocycles. The molecule has 4 rings (SSSR count). The van der Waals surface area contributed by atoms with Crippen LogP contribution in [0.2, 0.25) is 0 Å². The first-order valence-electron chi connectivity index (χ1n) is 9.79. The molecule has 0 bridgehead atoms. The monoisotopic (exact) mass is 356 g/mol. The number of aromatic nitrogens is 1. The number of fused-ring (bicyclic) bond motifs is 1. The molecule has 0 radical (unpaired) electrons. The van der Waals surface area contributed by atoms with Crippen molar-refractivity contribution in [2.75, 3.05) is 37.6 Å². The Balaban J connectivity index is 1.24. The Bertz CT molecular complexity index is 743. The number of amides is 1. The Hall–Kier alpha value is -2.08. The highest BCUT2D eigenvalue weighted by atomic mass is 16.3. The smallest absolute Gasteiger partial charge is 0.220 e. The van der Waals surface area contributed by atoms with E-state index in [-0.39, 0.29) is 11.8 Å². The van der Waals surface area contributed by atoms with E-state index in [9.17, 15) is 4.79 Å². The maximum atomic E-state index is 11.3. The summed E-state index contributed by atoms with van der Waals surface area (Å²) in [4.78, 5) is 20.8. The Kier molecular flexibility index (Phi) is 5.11. The molecule has 1 amide bonds. The Labute approximate surface area is 154 Å². The van der Waals surface area contributed by atoms with E-state index in [4.69, 9.17) is 10.2 Å². The van der Waals surface area contributed by atoms with Crippen LogP contribution in [-0.4, -0.2) is 48.5 Å². The van der Waals surface area contributed by atoms with Crippen LogP contribution in [0.25, 0.3) is 11.0 Å². The maximum absolute atomic E-state index is 11.3. The van der Waals surface area contributed by atoms with Gasteiger partial charge in [0.15, 0.2) is 0 Å². The number of hydrogen-bond donors (Lipinski definition) is 1. The maximum Gasteiger partial charge on any atom is 0.220 e. The van der Waals surface area contributed by atoms with E-state index in [0.29, 0.717) is 0 Å². The minimum Gasteiger partial charge on any atom is -0.464 e. The molecule has 26 heavy (non-hydrogen) atoms. The third-order valence-corrected chi connectivity index (χ3v) is 6.13. The number of carbonyl (C=O) groups excluding carboxylic acids is 1. The van der Waals surface area contributed by atoms with Crippen molar-refractivity contribution in [3.8, 4) is 0 Å². The van der Waals surface area contributed by atoms with Crippen LogP contribution in [0.4, 0.5) is 5.82 Å². The van der Waals surface area contributed by atoms with Gasteiger partial charge in [0.2, 0.25) is 5.91 Å². The molecule has 2 aliphatic rings. The number of pyridine rings is 1. The van der Waals surface area contributed by atoms with Crippen LogP contribution in [0.5, 0.6) is 0 Å². The fraction of sp³-hybridized carbons (Fsp3) is 0.600. The fourth-order valence-electron chi connectivity index (χ4n) is 4.42. The summed E-state index contributed by atoms with van der Waals surface area (Å²) in [5.74, 6) is 1.80. The highest BCUT2D eigenvalue weighted by Crippen LogP contribution is 2.31. The fourth-order valence-corrected chi connectivity index (χ4v) is 4.42. The second kappa shape index (κ2) is 7.66. The summed E-state index contributed by atoms with van der Waals surface area (Å²) >= 11 is 0. The first kappa shape index (κ1) is 17.3. The van der Waals surface area contributed by atoms with Crippen molar-refractivity contribution in [2.24, 2.45) is 17.6 Å². The number of nitrogens with two attached hydrogens (primary N) is 1. The van der Waals surface area contributed by atoms with Gasteiger partial charge in [-0.3, -0.25) is 9.69 Å². The number of piperazine rings is 1. The zero-order valence-corrected chi connectivity index (χ0v) is 15.3. The van der Waals surface area contributed by atoms with E-state index < -0.39 is 0 Å². The van der Waals surface area contributed by atoms with Crippen molar-refractivity contribution in [1.29, 1.82) is 0 Å². The van der Waals surface area contributed by atoms with Crippen molar-refractivity contribution >= 4 is 22.7 Å². The first-order valence-corrected chi connectivity index (χ1v) is 9.79. The van der Waals surface area contributed by atoms with Gasteiger partial charge in [-0.25, -0.2) is 4.98 Å². The second-order valence-corrected chi connectivity index (χ2v) is 7.70. The average molecular weight is 356 g/mol. The summed E-state index contributed by atoms with van der Waals surface area (Å²) < 4.78 is 5.49. The van der Waals surface area contributed by atoms with Crippen LogP contribution in [0.1, 0.15) is 32.1 Å². The molecular weight excluding hydrogens is 328 g/mol. The molecule has 1 aliphatic carbocycles. The highest BCUT2D eigenvalue weighted by Gasteiger charge is 2.26. The van der Waals surface area contributed by atoms with Crippen molar-refractivity contribution in [1.82, 2.24) is 9.88 Å². The van der Waals surface area contributed by atoms with Crippen LogP contribution in [0, 0.1) is 11.8 Å². The normalized spacial score (nSPS) is 24.8. The topological polar surface area (TPSA) is 75.6 Å². The van der Waals surface area contributed by atoms with Crippen LogP contribution in [-0.2, 0) is 4.79 Å². The van der Waals surface area contributed by atoms with Gasteiger partial charge in [-0.2, -0.15) is 0 Å². The Morgan fingerprint density at radius 3 is 2.65 bits per heavy atom. The quantitative estimate of drug-likeness (QED) is 0.891. The molecule has 6 nitrogen and oxygen atoms in total. The van der Waals surface area contributed by atoms with E-state index in [1.807, 2.05) is 18.3 Å². The summed E-state index contributed by atoms with van der Waals surface area (Å²) in [6, 6.07) is 3.93. The van der Waals surface area contributed by atoms with E-state index in [1.165, 1.54) is 6.42 Å². The molecule has 2 fully saturated rings. The number of anilines is 1. The molecule has 2 aromatic heterocycles. The number of primary amides is 1. The Morgan fingerprint density at radius 1 is 1.15 bits per heavy atom. The zero-order valence-electron chi connectivity index (χ0n) is 15.3. The molecule has 1 aliphatic heterocycles. The molecule has 1 saturated heterocycles. The standard InChI is InChI=1S/C20H28N4O2/c21-19(25)16-3-1-15(2-4-16)6-9-23-10-12-24(13-11-23)20-17-7-14-26-18(17)5-8-22-20/h5,7-8,14-16H,1-4,6,9-13H2,(H2,21,25). The molecule has 6 heteroatoms. The zero-order chi connectivity index (χ0) is 17.9. The lowest BCUT2D eigenvalue weighted by atomic mass is 9.80. The van der Waals surface area contributed by atoms with Crippen LogP contribution >= 0.6 is 0 Å². The largest absolute Gasteiger partial charge is 0.464 e. The first-order chi connectivity index (χ1) is 12.7. The Morgan fingerprint density at radius 2 is 1.92 bits per heavy atom. The van der Waals surface area contributed by atoms with Gasteiger partial charge in [-0.05, 0) is 56.7 Å². The van der Waals surface area contributed by atoms with Gasteiger partial charge in [0, 0.05) is 38.3 Å². The number of nitrogens with zero attached hydrogens (tertiary/aromatic N) is 3. The van der Waals surface area contributed by atoms with Crippen molar-refractivity contribution in [3.05, 3.63) is 24.6 Å². The SMILES string of the molecule is NC(=O)C1CCC(CCN2CCN(c3nccc4occc34)CC2)CC1. The van der Waals surface area contributed by atoms with Gasteiger partial charge in [-0.15, -0.1) is 0 Å². The van der Waals surface area contributed by atoms with Gasteiger partial charge in [-0.1, -0.05) is 0 Å². The molecule has 0 spiro atoms. The molecular formula is C20H28N4O2. The highest BCUT2D eigenvalue weighted by molar-refractivity contribution is 5.88. The lowest BCUT2D eigenvalue weighted by molar-refractivity contribution is -0.123. The molecule has 1 saturated carbocycles. The molecule has 2 N–H and O–H groups in total. The second-order valence-electron chi connectivity index (χ2n) is 7.70. The van der Waals surface area contributed by atoms with Gasteiger partial charge in [0.1, 0.15) is 11.4 Å². The predicted molar refractivity (Wildman–Crippen MR) is 102 cm³/mol. The van der Waals surface area contributed by atoms with Gasteiger partial charge in [0.05, 0.1) is 11.6 Å². The van der Waals surface area contributed by atoms with Crippen molar-refractivity contribution in [2.45, 2.75) is 32.1 Å². The summed E-state index contributed by atoms with van der Waals surface area (Å²) in [6.07, 6.45) is 9.07. The van der Waals surface area contributed by atoms with E-state index in [0.717, 1.165) is 81.1 Å². The minimum absolute atomic E-state index is 0.110. The van der Waals surface area contributed by atoms with Crippen molar-refractivity contribution < 1.29 is 9.21 Å². The van der Waals surface area contributed by atoms with E-state index >= 15 is 0 Å². The van der Waals surface area contributed by atoms with Crippen molar-refractivity contribution in [3.63, 3.8) is 0 Å². The number of hydrogen-bond acceptors (Lipinski definition) is 5. The third-order valence-electron chi connectivity index (χ3n) is 6.13. The average Bonchev–Trinajstić information content (AvgIpc) is 3.16. The van der Waals surface area contributed by atoms with Gasteiger partial charge < -0.3 is 15.1 Å². The molecule has 2 aromatic rings. The summed E-state index contributed by atoms with van der Waals surface area (Å²) in [6.45, 7) is 5.32. The lowest BCUT2D eigenvalue weighted by Gasteiger charge is -2.36. The minimum atomic E-state index is -0.110. The number of carbonyl (C=O) groups is 1. The molecule has 0 unspecified atom stereocenters. The summed E-state index contributed by atoms with van der Waals surface area (Å²) in [5.41, 5.74) is 6.34. The molecule has 140 valence electrons. The summed E-state index contributed by atoms with van der Waals surface area (Å²) in [5, 5.41) is 1.10. The number of rotatable bonds is 5. The van der Waals surface area contributed by atoms with Gasteiger partial charge in [0.25, 0.3) is 0 Å². The summed E-state index contributed by atoms with van der Waals surface area (Å²) in [7, 11) is 0. The van der Waals surface area contributed by atoms with Crippen LogP contribution in [0.15, 0.2) is 29.0 Å². The van der Waals surface area contributed by atoms with Crippen LogP contribution < -0.4 is 10.6 Å². The van der Waals surface area contributed by atoms with Gasteiger partial charge >= 0.3 is 0 Å². The third kappa shape index (κ3) is 3.70. The predicted octanol–water partition coefficient (Wildman–Crippen LogP) is 2.63.